The summed E-state index contributed by atoms with van der Waals surface area (Å²) in [5.41, 5.74) is 1.12. The minimum atomic E-state index is 0.561. The lowest BCUT2D eigenvalue weighted by molar-refractivity contribution is 0.171. The van der Waals surface area contributed by atoms with E-state index in [1.807, 2.05) is 12.1 Å². The molecule has 1 aliphatic rings. The van der Waals surface area contributed by atoms with Crippen molar-refractivity contribution in [3.63, 3.8) is 0 Å². The summed E-state index contributed by atoms with van der Waals surface area (Å²) >= 11 is 6.21. The molecule has 20 heavy (non-hydrogen) atoms. The lowest BCUT2D eigenvalue weighted by Crippen LogP contribution is -2.33. The Labute approximate surface area is 126 Å². The summed E-state index contributed by atoms with van der Waals surface area (Å²) in [6.45, 7) is 8.28. The molecular formula is C15H23ClN2O2. The van der Waals surface area contributed by atoms with Crippen LogP contribution in [0.25, 0.3) is 0 Å². The van der Waals surface area contributed by atoms with Crippen LogP contribution in [0, 0.1) is 0 Å². The van der Waals surface area contributed by atoms with Crippen LogP contribution in [0.15, 0.2) is 12.1 Å². The number of hydrogen-bond acceptors (Lipinski definition) is 4. The fourth-order valence-corrected chi connectivity index (χ4v) is 2.30. The van der Waals surface area contributed by atoms with Gasteiger partial charge in [0.1, 0.15) is 13.2 Å². The molecule has 5 heteroatoms. The van der Waals surface area contributed by atoms with Crippen LogP contribution in [0.2, 0.25) is 5.02 Å². The number of ether oxygens (including phenoxy) is 2. The van der Waals surface area contributed by atoms with E-state index in [1.54, 1.807) is 0 Å². The van der Waals surface area contributed by atoms with E-state index in [1.165, 1.54) is 0 Å². The van der Waals surface area contributed by atoms with Gasteiger partial charge in [-0.15, -0.1) is 0 Å². The van der Waals surface area contributed by atoms with Gasteiger partial charge in [0.25, 0.3) is 0 Å². The van der Waals surface area contributed by atoms with E-state index in [-0.39, 0.29) is 0 Å². The molecule has 0 fully saturated rings. The predicted molar refractivity (Wildman–Crippen MR) is 81.9 cm³/mol. The maximum Gasteiger partial charge on any atom is 0.179 e. The standard InChI is InChI=1S/C15H23ClN2O2/c1-11(2)18(3)5-4-17-10-12-8-13(16)15-14(9-12)19-6-7-20-15/h8-9,11,17H,4-7,10H2,1-3H3. The Morgan fingerprint density at radius 2 is 2.05 bits per heavy atom. The fraction of sp³-hybridized carbons (Fsp3) is 0.600. The van der Waals surface area contributed by atoms with E-state index < -0.39 is 0 Å². The van der Waals surface area contributed by atoms with Gasteiger partial charge in [0.05, 0.1) is 5.02 Å². The van der Waals surface area contributed by atoms with E-state index in [2.05, 4.69) is 31.1 Å². The van der Waals surface area contributed by atoms with Crippen molar-refractivity contribution in [2.24, 2.45) is 0 Å². The van der Waals surface area contributed by atoms with E-state index in [0.717, 1.165) is 30.9 Å². The normalized spacial score (nSPS) is 14.1. The van der Waals surface area contributed by atoms with Gasteiger partial charge < -0.3 is 19.7 Å². The van der Waals surface area contributed by atoms with Gasteiger partial charge in [0.15, 0.2) is 11.5 Å². The number of nitrogens with one attached hydrogen (secondary N) is 1. The van der Waals surface area contributed by atoms with Gasteiger partial charge in [0, 0.05) is 25.7 Å². The molecular weight excluding hydrogens is 276 g/mol. The van der Waals surface area contributed by atoms with Gasteiger partial charge in [-0.1, -0.05) is 11.6 Å². The van der Waals surface area contributed by atoms with Crippen molar-refractivity contribution < 1.29 is 9.47 Å². The summed E-state index contributed by atoms with van der Waals surface area (Å²) in [6, 6.07) is 4.51. The van der Waals surface area contributed by atoms with Crippen molar-refractivity contribution in [1.29, 1.82) is 0 Å². The van der Waals surface area contributed by atoms with Gasteiger partial charge in [-0.05, 0) is 38.6 Å². The fourth-order valence-electron chi connectivity index (χ4n) is 2.01. The summed E-state index contributed by atoms with van der Waals surface area (Å²) in [6.07, 6.45) is 0. The number of halogens is 1. The molecule has 2 rings (SSSR count). The second kappa shape index (κ2) is 7.16. The molecule has 0 bridgehead atoms. The lowest BCUT2D eigenvalue weighted by Gasteiger charge is -2.22. The van der Waals surface area contributed by atoms with Crippen molar-refractivity contribution in [3.05, 3.63) is 22.7 Å². The Balaban J connectivity index is 1.86. The van der Waals surface area contributed by atoms with E-state index in [9.17, 15) is 0 Å². The third-order valence-electron chi connectivity index (χ3n) is 3.51. The zero-order valence-corrected chi connectivity index (χ0v) is 13.2. The average molecular weight is 299 g/mol. The van der Waals surface area contributed by atoms with E-state index in [0.29, 0.717) is 30.0 Å². The Bertz CT molecular complexity index is 452. The van der Waals surface area contributed by atoms with Gasteiger partial charge in [0.2, 0.25) is 0 Å². The quantitative estimate of drug-likeness (QED) is 0.819. The van der Waals surface area contributed by atoms with Crippen molar-refractivity contribution in [3.8, 4) is 11.5 Å². The molecule has 1 aromatic carbocycles. The van der Waals surface area contributed by atoms with Crippen LogP contribution in [0.5, 0.6) is 11.5 Å². The highest BCUT2D eigenvalue weighted by molar-refractivity contribution is 6.32. The number of likely N-dealkylation sites (N-methyl/N-ethyl adjacent to an activating group) is 1. The molecule has 0 spiro atoms. The monoisotopic (exact) mass is 298 g/mol. The molecule has 0 atom stereocenters. The van der Waals surface area contributed by atoms with Crippen LogP contribution in [-0.2, 0) is 6.54 Å². The lowest BCUT2D eigenvalue weighted by atomic mass is 10.2. The largest absolute Gasteiger partial charge is 0.486 e. The van der Waals surface area contributed by atoms with Gasteiger partial charge in [-0.25, -0.2) is 0 Å². The summed E-state index contributed by atoms with van der Waals surface area (Å²) in [4.78, 5) is 2.31. The van der Waals surface area contributed by atoms with Crippen molar-refractivity contribution >= 4 is 11.6 Å². The topological polar surface area (TPSA) is 33.7 Å². The van der Waals surface area contributed by atoms with Crippen LogP contribution in [-0.4, -0.2) is 44.3 Å². The molecule has 1 aliphatic heterocycles. The number of benzene rings is 1. The minimum Gasteiger partial charge on any atom is -0.486 e. The average Bonchev–Trinajstić information content (AvgIpc) is 2.43. The summed E-state index contributed by atoms with van der Waals surface area (Å²) in [5, 5.41) is 4.05. The van der Waals surface area contributed by atoms with Crippen LogP contribution < -0.4 is 14.8 Å². The number of fused-ring (bicyclic) bond motifs is 1. The Morgan fingerprint density at radius 1 is 1.30 bits per heavy atom. The van der Waals surface area contributed by atoms with Crippen molar-refractivity contribution in [2.75, 3.05) is 33.4 Å². The molecule has 1 aromatic rings. The molecule has 1 N–H and O–H groups in total. The molecule has 0 amide bonds. The van der Waals surface area contributed by atoms with Gasteiger partial charge >= 0.3 is 0 Å². The molecule has 0 saturated carbocycles. The maximum absolute atomic E-state index is 6.21. The second-order valence-corrected chi connectivity index (χ2v) is 5.76. The van der Waals surface area contributed by atoms with Crippen LogP contribution >= 0.6 is 11.6 Å². The first kappa shape index (κ1) is 15.4. The van der Waals surface area contributed by atoms with Gasteiger partial charge in [-0.2, -0.15) is 0 Å². The second-order valence-electron chi connectivity index (χ2n) is 5.35. The predicted octanol–water partition coefficient (Wildman–Crippen LogP) is 2.54. The Kier molecular flexibility index (Phi) is 5.52. The summed E-state index contributed by atoms with van der Waals surface area (Å²) in [5.74, 6) is 1.42. The SMILES string of the molecule is CC(C)N(C)CCNCc1cc(Cl)c2c(c1)OCCO2. The Hall–Kier alpha value is -0.970. The minimum absolute atomic E-state index is 0.561. The zero-order valence-electron chi connectivity index (χ0n) is 12.4. The first-order valence-electron chi connectivity index (χ1n) is 7.07. The molecule has 1 heterocycles. The third kappa shape index (κ3) is 4.01. The number of rotatable bonds is 6. The summed E-state index contributed by atoms with van der Waals surface area (Å²) in [7, 11) is 2.13. The molecule has 0 aliphatic carbocycles. The van der Waals surface area contributed by atoms with Crippen LogP contribution in [0.1, 0.15) is 19.4 Å². The molecule has 0 saturated heterocycles. The first-order valence-corrected chi connectivity index (χ1v) is 7.44. The van der Waals surface area contributed by atoms with Crippen LogP contribution in [0.3, 0.4) is 0 Å². The van der Waals surface area contributed by atoms with Crippen molar-refractivity contribution in [1.82, 2.24) is 10.2 Å². The maximum atomic E-state index is 6.21. The molecule has 0 radical (unpaired) electrons. The van der Waals surface area contributed by atoms with E-state index in [4.69, 9.17) is 21.1 Å². The first-order chi connectivity index (χ1) is 9.58. The molecule has 4 nitrogen and oxygen atoms in total. The molecule has 112 valence electrons. The highest BCUT2D eigenvalue weighted by atomic mass is 35.5. The highest BCUT2D eigenvalue weighted by Gasteiger charge is 2.16. The molecule has 0 unspecified atom stereocenters. The van der Waals surface area contributed by atoms with E-state index >= 15 is 0 Å². The molecule has 0 aromatic heterocycles. The highest BCUT2D eigenvalue weighted by Crippen LogP contribution is 2.38. The Morgan fingerprint density at radius 3 is 2.80 bits per heavy atom. The smallest absolute Gasteiger partial charge is 0.179 e. The van der Waals surface area contributed by atoms with Crippen LogP contribution in [0.4, 0.5) is 0 Å². The third-order valence-corrected chi connectivity index (χ3v) is 3.79. The number of nitrogens with zero attached hydrogens (tertiary/aromatic N) is 1. The zero-order chi connectivity index (χ0) is 14.5. The number of hydrogen-bond donors (Lipinski definition) is 1. The van der Waals surface area contributed by atoms with Crippen molar-refractivity contribution in [2.45, 2.75) is 26.4 Å². The summed E-state index contributed by atoms with van der Waals surface area (Å²) < 4.78 is 11.1. The van der Waals surface area contributed by atoms with Gasteiger partial charge in [-0.3, -0.25) is 0 Å².